The smallest absolute Gasteiger partial charge is 0.271 e. The summed E-state index contributed by atoms with van der Waals surface area (Å²) in [7, 11) is 0. The van der Waals surface area contributed by atoms with E-state index >= 15 is 0 Å². The van der Waals surface area contributed by atoms with Crippen molar-refractivity contribution in [3.05, 3.63) is 100 Å². The minimum absolute atomic E-state index is 0.000814. The highest BCUT2D eigenvalue weighted by Crippen LogP contribution is 2.25. The summed E-state index contributed by atoms with van der Waals surface area (Å²) >= 11 is 1.35. The quantitative estimate of drug-likeness (QED) is 0.358. The molecule has 1 unspecified atom stereocenters. The zero-order chi connectivity index (χ0) is 23.0. The number of thiazole rings is 1. The van der Waals surface area contributed by atoms with Crippen molar-refractivity contribution in [2.75, 3.05) is 0 Å². The predicted octanol–water partition coefficient (Wildman–Crippen LogP) is 4.98. The topological polar surface area (TPSA) is 88.6 Å². The zero-order valence-corrected chi connectivity index (χ0v) is 19.1. The molecule has 4 aromatic rings. The Labute approximate surface area is 196 Å². The van der Waals surface area contributed by atoms with Gasteiger partial charge in [0.15, 0.2) is 0 Å². The number of amides is 2. The minimum Gasteiger partial charge on any atom is -0.467 e. The first kappa shape index (κ1) is 22.5. The molecular weight excluding hydrogens is 438 g/mol. The van der Waals surface area contributed by atoms with Gasteiger partial charge in [-0.25, -0.2) is 4.98 Å². The highest BCUT2D eigenvalue weighted by molar-refractivity contribution is 7.09. The molecule has 3 aromatic heterocycles. The number of hydrogen-bond donors (Lipinski definition) is 1. The molecule has 0 bridgehead atoms. The van der Waals surface area contributed by atoms with Crippen LogP contribution in [0.2, 0.25) is 0 Å². The molecule has 7 nitrogen and oxygen atoms in total. The van der Waals surface area contributed by atoms with Gasteiger partial charge in [-0.05, 0) is 36.2 Å². The van der Waals surface area contributed by atoms with E-state index in [9.17, 15) is 9.59 Å². The van der Waals surface area contributed by atoms with Gasteiger partial charge in [-0.3, -0.25) is 9.59 Å². The van der Waals surface area contributed by atoms with Gasteiger partial charge in [0.2, 0.25) is 5.91 Å². The predicted molar refractivity (Wildman–Crippen MR) is 124 cm³/mol. The van der Waals surface area contributed by atoms with Gasteiger partial charge in [0.05, 0.1) is 38.1 Å². The minimum atomic E-state index is -0.284. The van der Waals surface area contributed by atoms with Crippen LogP contribution in [0.5, 0.6) is 0 Å². The molecule has 33 heavy (non-hydrogen) atoms. The first-order valence-corrected chi connectivity index (χ1v) is 11.6. The monoisotopic (exact) mass is 463 g/mol. The van der Waals surface area contributed by atoms with E-state index in [4.69, 9.17) is 8.83 Å². The summed E-state index contributed by atoms with van der Waals surface area (Å²) in [5, 5.41) is 5.18. The van der Waals surface area contributed by atoms with Crippen LogP contribution in [0.25, 0.3) is 0 Å². The summed E-state index contributed by atoms with van der Waals surface area (Å²) in [6.07, 6.45) is 3.83. The van der Waals surface area contributed by atoms with E-state index in [0.29, 0.717) is 41.7 Å². The Morgan fingerprint density at radius 2 is 1.73 bits per heavy atom. The van der Waals surface area contributed by atoms with Crippen molar-refractivity contribution in [2.24, 2.45) is 0 Å². The number of rotatable bonds is 10. The lowest BCUT2D eigenvalue weighted by Crippen LogP contribution is -2.34. The highest BCUT2D eigenvalue weighted by Gasteiger charge is 2.26. The van der Waals surface area contributed by atoms with Crippen molar-refractivity contribution >= 4 is 23.2 Å². The molecular formula is C25H25N3O4S. The van der Waals surface area contributed by atoms with Gasteiger partial charge < -0.3 is 19.1 Å². The highest BCUT2D eigenvalue weighted by atomic mass is 32.1. The normalized spacial score (nSPS) is 11.8. The van der Waals surface area contributed by atoms with Gasteiger partial charge in [0.1, 0.15) is 22.2 Å². The Kier molecular flexibility index (Phi) is 7.36. The molecule has 1 atom stereocenters. The maximum absolute atomic E-state index is 13.6. The Hall–Kier alpha value is -3.65. The van der Waals surface area contributed by atoms with E-state index in [0.717, 1.165) is 5.56 Å². The van der Waals surface area contributed by atoms with Crippen LogP contribution in [0.1, 0.15) is 51.8 Å². The van der Waals surface area contributed by atoms with E-state index in [-0.39, 0.29) is 24.3 Å². The Bertz CT molecular complexity index is 1150. The zero-order valence-electron chi connectivity index (χ0n) is 18.3. The van der Waals surface area contributed by atoms with E-state index in [1.165, 1.54) is 11.3 Å². The fourth-order valence-electron chi connectivity index (χ4n) is 3.58. The fourth-order valence-corrected chi connectivity index (χ4v) is 4.37. The summed E-state index contributed by atoms with van der Waals surface area (Å²) in [6.45, 7) is 2.91. The van der Waals surface area contributed by atoms with Crippen molar-refractivity contribution in [2.45, 2.75) is 38.9 Å². The fraction of sp³-hybridized carbons (Fsp3) is 0.240. The first-order chi connectivity index (χ1) is 16.1. The number of hydrogen-bond acceptors (Lipinski definition) is 6. The molecule has 3 heterocycles. The molecule has 0 fully saturated rings. The third-order valence-electron chi connectivity index (χ3n) is 5.26. The van der Waals surface area contributed by atoms with Crippen LogP contribution in [0.3, 0.4) is 0 Å². The number of nitrogens with one attached hydrogen (secondary N) is 1. The average Bonchev–Trinajstić information content (AvgIpc) is 3.61. The van der Waals surface area contributed by atoms with Crippen LogP contribution in [-0.2, 0) is 24.4 Å². The molecule has 0 aliphatic heterocycles. The number of benzene rings is 1. The van der Waals surface area contributed by atoms with Crippen LogP contribution >= 0.6 is 11.3 Å². The second kappa shape index (κ2) is 10.8. The van der Waals surface area contributed by atoms with Crippen LogP contribution in [0.15, 0.2) is 81.3 Å². The van der Waals surface area contributed by atoms with Gasteiger partial charge in [-0.2, -0.15) is 0 Å². The van der Waals surface area contributed by atoms with Crippen molar-refractivity contribution < 1.29 is 18.4 Å². The van der Waals surface area contributed by atoms with Gasteiger partial charge >= 0.3 is 0 Å². The molecule has 0 aliphatic carbocycles. The van der Waals surface area contributed by atoms with E-state index in [1.54, 1.807) is 41.0 Å². The van der Waals surface area contributed by atoms with Gasteiger partial charge in [-0.15, -0.1) is 11.3 Å². The van der Waals surface area contributed by atoms with Crippen molar-refractivity contribution in [3.8, 4) is 0 Å². The molecule has 1 N–H and O–H groups in total. The van der Waals surface area contributed by atoms with Crippen LogP contribution in [0, 0.1) is 0 Å². The average molecular weight is 464 g/mol. The number of aromatic nitrogens is 1. The molecule has 0 saturated carbocycles. The van der Waals surface area contributed by atoms with Crippen molar-refractivity contribution in [3.63, 3.8) is 0 Å². The SMILES string of the molecule is CCC(C(=O)N(Cc1ccco1)Cc1nc(C(=O)NCc2ccco2)cs1)c1ccccc1. The van der Waals surface area contributed by atoms with Gasteiger partial charge in [0, 0.05) is 5.38 Å². The molecule has 8 heteroatoms. The lowest BCUT2D eigenvalue weighted by molar-refractivity contribution is -0.134. The molecule has 4 rings (SSSR count). The summed E-state index contributed by atoms with van der Waals surface area (Å²) in [4.78, 5) is 32.2. The van der Waals surface area contributed by atoms with Gasteiger partial charge in [0.25, 0.3) is 5.91 Å². The summed E-state index contributed by atoms with van der Waals surface area (Å²) in [5.74, 6) is 0.810. The van der Waals surface area contributed by atoms with Crippen molar-refractivity contribution in [1.82, 2.24) is 15.2 Å². The number of carbonyl (C=O) groups is 2. The summed E-state index contributed by atoms with van der Waals surface area (Å²) in [5.41, 5.74) is 1.30. The second-order valence-electron chi connectivity index (χ2n) is 7.53. The number of furan rings is 2. The maximum Gasteiger partial charge on any atom is 0.271 e. The van der Waals surface area contributed by atoms with Gasteiger partial charge in [-0.1, -0.05) is 37.3 Å². The van der Waals surface area contributed by atoms with E-state index in [1.807, 2.05) is 43.3 Å². The molecule has 0 saturated heterocycles. The molecule has 170 valence electrons. The third kappa shape index (κ3) is 5.78. The molecule has 1 aromatic carbocycles. The van der Waals surface area contributed by atoms with E-state index < -0.39 is 0 Å². The standard InChI is InChI=1S/C25H25N3O4S/c1-2-21(18-8-4-3-5-9-18)25(30)28(15-20-11-7-13-32-20)16-23-27-22(17-33-23)24(29)26-14-19-10-6-12-31-19/h3-13,17,21H,2,14-16H2,1H3,(H,26,29). The first-order valence-electron chi connectivity index (χ1n) is 10.7. The molecule has 0 radical (unpaired) electrons. The maximum atomic E-state index is 13.6. The lowest BCUT2D eigenvalue weighted by Gasteiger charge is -2.26. The Morgan fingerprint density at radius 1 is 1.00 bits per heavy atom. The summed E-state index contributed by atoms with van der Waals surface area (Å²) in [6, 6.07) is 17.0. The largest absolute Gasteiger partial charge is 0.467 e. The lowest BCUT2D eigenvalue weighted by atomic mass is 9.95. The summed E-state index contributed by atoms with van der Waals surface area (Å²) < 4.78 is 10.7. The van der Waals surface area contributed by atoms with Crippen LogP contribution in [-0.4, -0.2) is 21.7 Å². The Balaban J connectivity index is 1.48. The third-order valence-corrected chi connectivity index (χ3v) is 6.09. The van der Waals surface area contributed by atoms with Crippen LogP contribution < -0.4 is 5.32 Å². The second-order valence-corrected chi connectivity index (χ2v) is 8.48. The van der Waals surface area contributed by atoms with Crippen molar-refractivity contribution in [1.29, 1.82) is 0 Å². The molecule has 0 spiro atoms. The number of carbonyl (C=O) groups excluding carboxylic acids is 2. The number of nitrogens with zero attached hydrogens (tertiary/aromatic N) is 2. The molecule has 0 aliphatic rings. The Morgan fingerprint density at radius 3 is 2.39 bits per heavy atom. The van der Waals surface area contributed by atoms with Crippen LogP contribution in [0.4, 0.5) is 0 Å². The van der Waals surface area contributed by atoms with E-state index in [2.05, 4.69) is 10.3 Å². The molecule has 2 amide bonds.